The number of rotatable bonds is 8. The first-order chi connectivity index (χ1) is 18.4. The lowest BCUT2D eigenvalue weighted by Gasteiger charge is -2.20. The van der Waals surface area contributed by atoms with E-state index < -0.39 is 50.6 Å². The van der Waals surface area contributed by atoms with Crippen molar-refractivity contribution in [2.75, 3.05) is 23.4 Å². The Hall–Kier alpha value is -3.67. The molecule has 3 aromatic rings. The van der Waals surface area contributed by atoms with Gasteiger partial charge in [0.15, 0.2) is 9.84 Å². The monoisotopic (exact) mass is 560 g/mol. The van der Waals surface area contributed by atoms with Crippen LogP contribution in [-0.2, 0) is 16.0 Å². The van der Waals surface area contributed by atoms with Gasteiger partial charge in [0.2, 0.25) is 0 Å². The topological polar surface area (TPSA) is 110 Å². The second kappa shape index (κ2) is 9.82. The first-order valence-electron chi connectivity index (χ1n) is 12.6. The summed E-state index contributed by atoms with van der Waals surface area (Å²) in [5, 5.41) is 4.87. The highest BCUT2D eigenvalue weighted by Crippen LogP contribution is 2.42. The minimum absolute atomic E-state index is 0.240. The zero-order valence-corrected chi connectivity index (χ0v) is 22.1. The van der Waals surface area contributed by atoms with Crippen LogP contribution in [0.25, 0.3) is 11.1 Å². The molecule has 39 heavy (non-hydrogen) atoms. The van der Waals surface area contributed by atoms with Gasteiger partial charge in [-0.15, -0.1) is 0 Å². The number of hydrogen-bond donors (Lipinski definition) is 2. The summed E-state index contributed by atoms with van der Waals surface area (Å²) < 4.78 is 68.2. The van der Waals surface area contributed by atoms with E-state index in [9.17, 15) is 31.2 Å². The Balaban J connectivity index is 1.55. The molecule has 2 aromatic heterocycles. The average molecular weight is 561 g/mol. The molecule has 5 rings (SSSR count). The van der Waals surface area contributed by atoms with Gasteiger partial charge in [-0.25, -0.2) is 13.4 Å². The molecule has 0 radical (unpaired) electrons. The van der Waals surface area contributed by atoms with Gasteiger partial charge in [0.1, 0.15) is 17.1 Å². The van der Waals surface area contributed by atoms with Gasteiger partial charge in [-0.2, -0.15) is 13.2 Å². The molecule has 0 aliphatic heterocycles. The Labute approximate surface area is 223 Å². The molecule has 12 heteroatoms. The predicted octanol–water partition coefficient (Wildman–Crippen LogP) is 5.23. The van der Waals surface area contributed by atoms with Crippen LogP contribution in [0.5, 0.6) is 0 Å². The summed E-state index contributed by atoms with van der Waals surface area (Å²) in [6.45, 7) is 1.42. The number of anilines is 2. The van der Waals surface area contributed by atoms with Gasteiger partial charge in [-0.1, -0.05) is 31.2 Å². The molecule has 0 atom stereocenters. The van der Waals surface area contributed by atoms with Crippen LogP contribution in [0, 0.1) is 0 Å². The number of nitrogens with zero attached hydrogens (tertiary/aromatic N) is 2. The second-order valence-electron chi connectivity index (χ2n) is 9.80. The molecule has 2 N–H and O–H groups in total. The van der Waals surface area contributed by atoms with Crippen LogP contribution in [0.15, 0.2) is 52.3 Å². The SMILES string of the molecule is CCS(=O)(=O)c1cc(-c2ccc(C3CC3)cc2)cnc1C(=O)Nc1cc(C(F)(F)F)n(C2CC2)c(=O)c1NC. The van der Waals surface area contributed by atoms with Gasteiger partial charge in [-0.05, 0) is 54.9 Å². The Morgan fingerprint density at radius 1 is 1.08 bits per heavy atom. The summed E-state index contributed by atoms with van der Waals surface area (Å²) in [7, 11) is -2.61. The number of sulfone groups is 1. The highest BCUT2D eigenvalue weighted by atomic mass is 32.2. The van der Waals surface area contributed by atoms with E-state index in [1.807, 2.05) is 24.3 Å². The number of halogens is 3. The zero-order valence-electron chi connectivity index (χ0n) is 21.3. The van der Waals surface area contributed by atoms with Crippen LogP contribution in [0.4, 0.5) is 24.5 Å². The quantitative estimate of drug-likeness (QED) is 0.391. The van der Waals surface area contributed by atoms with Crippen molar-refractivity contribution in [2.24, 2.45) is 0 Å². The molecular weight excluding hydrogens is 533 g/mol. The summed E-state index contributed by atoms with van der Waals surface area (Å²) in [5.74, 6) is -0.826. The highest BCUT2D eigenvalue weighted by molar-refractivity contribution is 7.91. The number of amides is 1. The number of nitrogens with one attached hydrogen (secondary N) is 2. The Morgan fingerprint density at radius 3 is 2.28 bits per heavy atom. The molecule has 2 fully saturated rings. The second-order valence-corrected chi connectivity index (χ2v) is 12.0. The zero-order chi connectivity index (χ0) is 28.1. The Morgan fingerprint density at radius 2 is 1.74 bits per heavy atom. The third-order valence-corrected chi connectivity index (χ3v) is 8.76. The molecule has 2 aliphatic carbocycles. The first-order valence-corrected chi connectivity index (χ1v) is 14.3. The Kier molecular flexibility index (Phi) is 6.78. The van der Waals surface area contributed by atoms with Crippen LogP contribution in [0.1, 0.15) is 66.3 Å². The fourth-order valence-corrected chi connectivity index (χ4v) is 5.65. The smallest absolute Gasteiger partial charge is 0.382 e. The van der Waals surface area contributed by atoms with Crippen LogP contribution in [0.3, 0.4) is 0 Å². The number of benzene rings is 1. The van der Waals surface area contributed by atoms with Crippen LogP contribution < -0.4 is 16.2 Å². The van der Waals surface area contributed by atoms with Crippen molar-refractivity contribution in [1.29, 1.82) is 0 Å². The van der Waals surface area contributed by atoms with Crippen molar-refractivity contribution in [2.45, 2.75) is 55.6 Å². The summed E-state index contributed by atoms with van der Waals surface area (Å²) in [6.07, 6.45) is -0.344. The molecule has 0 unspecified atom stereocenters. The first kappa shape index (κ1) is 26.9. The lowest BCUT2D eigenvalue weighted by atomic mass is 10.0. The van der Waals surface area contributed by atoms with Gasteiger partial charge >= 0.3 is 6.18 Å². The molecule has 2 saturated carbocycles. The maximum absolute atomic E-state index is 13.9. The van der Waals surface area contributed by atoms with Crippen molar-refractivity contribution in [1.82, 2.24) is 9.55 Å². The largest absolute Gasteiger partial charge is 0.431 e. The molecule has 2 aliphatic rings. The summed E-state index contributed by atoms with van der Waals surface area (Å²) in [5.41, 5.74) is -0.865. The van der Waals surface area contributed by atoms with Crippen molar-refractivity contribution >= 4 is 27.1 Å². The number of alkyl halides is 3. The molecule has 206 valence electrons. The normalized spacial score (nSPS) is 15.7. The number of pyridine rings is 2. The number of aromatic nitrogens is 2. The summed E-state index contributed by atoms with van der Waals surface area (Å²) in [6, 6.07) is 9.13. The minimum Gasteiger partial charge on any atom is -0.382 e. The molecule has 1 amide bonds. The maximum atomic E-state index is 13.9. The number of carbonyl (C=O) groups excluding carboxylic acids is 1. The molecule has 2 heterocycles. The van der Waals surface area contributed by atoms with Crippen molar-refractivity contribution in [3.8, 4) is 11.1 Å². The lowest BCUT2D eigenvalue weighted by Crippen LogP contribution is -2.31. The van der Waals surface area contributed by atoms with E-state index in [1.54, 1.807) is 0 Å². The number of carbonyl (C=O) groups is 1. The van der Waals surface area contributed by atoms with E-state index in [2.05, 4.69) is 15.6 Å². The molecule has 0 bridgehead atoms. The van der Waals surface area contributed by atoms with E-state index in [-0.39, 0.29) is 16.3 Å². The summed E-state index contributed by atoms with van der Waals surface area (Å²) in [4.78, 5) is 30.0. The highest BCUT2D eigenvalue weighted by Gasteiger charge is 2.40. The molecule has 1 aromatic carbocycles. The molecule has 0 saturated heterocycles. The van der Waals surface area contributed by atoms with Crippen molar-refractivity contribution in [3.63, 3.8) is 0 Å². The standard InChI is InChI=1S/C27H27F3N4O4S/c1-3-39(37,38)21-12-18(17-8-6-16(7-9-17)15-4-5-15)14-32-24(21)25(35)33-20-13-22(27(28,29)30)34(19-10-11-19)26(36)23(20)31-2/h6-9,12-15,19,31H,3-5,10-11H2,1-2H3,(H,33,35). The predicted molar refractivity (Wildman–Crippen MR) is 141 cm³/mol. The van der Waals surface area contributed by atoms with E-state index >= 15 is 0 Å². The van der Waals surface area contributed by atoms with Gasteiger partial charge in [-0.3, -0.25) is 14.2 Å². The molecule has 0 spiro atoms. The van der Waals surface area contributed by atoms with Gasteiger partial charge in [0.05, 0.1) is 16.3 Å². The third-order valence-electron chi connectivity index (χ3n) is 7.02. The lowest BCUT2D eigenvalue weighted by molar-refractivity contribution is -0.144. The third kappa shape index (κ3) is 5.29. The average Bonchev–Trinajstić information content (AvgIpc) is 3.81. The van der Waals surface area contributed by atoms with Crippen molar-refractivity contribution in [3.05, 3.63) is 69.9 Å². The van der Waals surface area contributed by atoms with E-state index in [4.69, 9.17) is 0 Å². The Bertz CT molecular complexity index is 1610. The summed E-state index contributed by atoms with van der Waals surface area (Å²) >= 11 is 0. The van der Waals surface area contributed by atoms with Crippen LogP contribution in [0.2, 0.25) is 0 Å². The van der Waals surface area contributed by atoms with Crippen LogP contribution in [-0.4, -0.2) is 36.7 Å². The van der Waals surface area contributed by atoms with E-state index in [1.165, 1.54) is 31.8 Å². The molecular formula is C27H27F3N4O4S. The maximum Gasteiger partial charge on any atom is 0.431 e. The van der Waals surface area contributed by atoms with Gasteiger partial charge < -0.3 is 10.6 Å². The molecule has 8 nitrogen and oxygen atoms in total. The fraction of sp³-hybridized carbons (Fsp3) is 0.370. The number of hydrogen-bond acceptors (Lipinski definition) is 6. The minimum atomic E-state index is -4.85. The van der Waals surface area contributed by atoms with Crippen molar-refractivity contribution < 1.29 is 26.4 Å². The fourth-order valence-electron chi connectivity index (χ4n) is 4.59. The van der Waals surface area contributed by atoms with Crippen LogP contribution >= 0.6 is 0 Å². The van der Waals surface area contributed by atoms with Gasteiger partial charge in [0, 0.05) is 24.8 Å². The van der Waals surface area contributed by atoms with E-state index in [0.717, 1.165) is 12.8 Å². The van der Waals surface area contributed by atoms with E-state index in [0.29, 0.717) is 40.5 Å². The van der Waals surface area contributed by atoms with Gasteiger partial charge in [0.25, 0.3) is 11.5 Å².